The van der Waals surface area contributed by atoms with Gasteiger partial charge in [0.05, 0.1) is 26.9 Å². The zero-order chi connectivity index (χ0) is 22.8. The molecule has 0 aliphatic rings. The van der Waals surface area contributed by atoms with Crippen LogP contribution in [0.2, 0.25) is 0 Å². The molecule has 0 amide bonds. The number of thiazole rings is 1. The van der Waals surface area contributed by atoms with Gasteiger partial charge in [0, 0.05) is 35.2 Å². The first-order valence-corrected chi connectivity index (χ1v) is 9.90. The molecule has 2 aromatic heterocycles. The number of rotatable bonds is 6. The second kappa shape index (κ2) is 8.31. The fourth-order valence-corrected chi connectivity index (χ4v) is 3.64. The summed E-state index contributed by atoms with van der Waals surface area (Å²) in [7, 11) is 0. The number of azo groups is 1. The zero-order valence-corrected chi connectivity index (χ0v) is 17.1. The summed E-state index contributed by atoms with van der Waals surface area (Å²) in [6, 6.07) is 11.6. The van der Waals surface area contributed by atoms with Crippen molar-refractivity contribution in [1.82, 2.24) is 14.8 Å². The number of nitrogens with one attached hydrogen (secondary N) is 1. The highest BCUT2D eigenvalue weighted by Crippen LogP contribution is 2.27. The molecule has 0 aliphatic heterocycles. The third-order valence-corrected chi connectivity index (χ3v) is 5.21. The summed E-state index contributed by atoms with van der Waals surface area (Å²) in [5.74, 6) is 0. The Morgan fingerprint density at radius 1 is 1.03 bits per heavy atom. The van der Waals surface area contributed by atoms with E-state index in [0.717, 1.165) is 0 Å². The molecule has 2 heterocycles. The lowest BCUT2D eigenvalue weighted by Crippen LogP contribution is -2.13. The first-order valence-electron chi connectivity index (χ1n) is 9.02. The molecule has 12 nitrogen and oxygen atoms in total. The monoisotopic (exact) mass is 451 g/mol. The molecule has 0 saturated heterocycles. The number of hydrogen-bond acceptors (Lipinski definition) is 9. The van der Waals surface area contributed by atoms with Crippen LogP contribution in [0.5, 0.6) is 0 Å². The highest BCUT2D eigenvalue weighted by atomic mass is 32.1. The van der Waals surface area contributed by atoms with Gasteiger partial charge in [-0.25, -0.2) is 4.98 Å². The van der Waals surface area contributed by atoms with Crippen LogP contribution in [0.25, 0.3) is 16.4 Å². The quantitative estimate of drug-likeness (QED) is 0.251. The second-order valence-corrected chi connectivity index (χ2v) is 7.36. The Labute approximate surface area is 182 Å². The molecule has 0 fully saturated rings. The average molecular weight is 451 g/mol. The largest absolute Gasteiger partial charge is 0.301 e. The van der Waals surface area contributed by atoms with E-state index in [1.165, 1.54) is 52.4 Å². The van der Waals surface area contributed by atoms with E-state index >= 15 is 0 Å². The van der Waals surface area contributed by atoms with Crippen molar-refractivity contribution in [1.29, 1.82) is 0 Å². The van der Waals surface area contributed by atoms with Crippen molar-refractivity contribution in [3.8, 4) is 16.4 Å². The van der Waals surface area contributed by atoms with Crippen molar-refractivity contribution >= 4 is 34.1 Å². The van der Waals surface area contributed by atoms with E-state index in [1.807, 2.05) is 0 Å². The fourth-order valence-electron chi connectivity index (χ4n) is 2.85. The molecule has 0 aliphatic carbocycles. The van der Waals surface area contributed by atoms with Crippen molar-refractivity contribution in [2.45, 2.75) is 6.92 Å². The lowest BCUT2D eigenvalue weighted by atomic mass is 10.1. The molecule has 0 unspecified atom stereocenters. The number of H-pyrrole nitrogens is 1. The Hall–Kier alpha value is -4.52. The van der Waals surface area contributed by atoms with Crippen LogP contribution in [-0.4, -0.2) is 24.6 Å². The minimum atomic E-state index is -0.547. The van der Waals surface area contributed by atoms with E-state index in [4.69, 9.17) is 0 Å². The number of nitro benzene ring substituents is 2. The summed E-state index contributed by atoms with van der Waals surface area (Å²) >= 11 is 1.17. The van der Waals surface area contributed by atoms with Gasteiger partial charge in [0.1, 0.15) is 0 Å². The van der Waals surface area contributed by atoms with Crippen molar-refractivity contribution in [2.75, 3.05) is 0 Å². The van der Waals surface area contributed by atoms with Crippen LogP contribution in [0.15, 0.2) is 68.9 Å². The van der Waals surface area contributed by atoms with Gasteiger partial charge in [-0.1, -0.05) is 18.2 Å². The van der Waals surface area contributed by atoms with E-state index in [1.54, 1.807) is 24.4 Å². The molecule has 1 N–H and O–H groups in total. The van der Waals surface area contributed by atoms with Gasteiger partial charge in [-0.3, -0.25) is 30.1 Å². The Kier molecular flexibility index (Phi) is 5.39. The minimum absolute atomic E-state index is 0.0311. The van der Waals surface area contributed by atoms with E-state index in [9.17, 15) is 25.0 Å². The maximum Gasteiger partial charge on any atom is 0.301 e. The maximum atomic E-state index is 12.8. The van der Waals surface area contributed by atoms with Gasteiger partial charge in [-0.05, 0) is 13.0 Å². The van der Waals surface area contributed by atoms with Gasteiger partial charge < -0.3 is 0 Å². The standard InChI is InChI=1S/C19H13N7O5S/c1-11-17(22-21-13-5-3-7-15(9-13)26(30)31)18(27)24(23-11)19-20-16(10-32-19)12-4-2-6-14(8-12)25(28)29/h2-10,23H,1H3. The van der Waals surface area contributed by atoms with Crippen LogP contribution in [0, 0.1) is 27.2 Å². The summed E-state index contributed by atoms with van der Waals surface area (Å²) < 4.78 is 1.20. The fraction of sp³-hybridized carbons (Fsp3) is 0.0526. The number of benzene rings is 2. The topological polar surface area (TPSA) is 162 Å². The van der Waals surface area contributed by atoms with Gasteiger partial charge in [-0.15, -0.1) is 16.5 Å². The molecule has 0 bridgehead atoms. The summed E-state index contributed by atoms with van der Waals surface area (Å²) in [4.78, 5) is 38.1. The van der Waals surface area contributed by atoms with Gasteiger partial charge in [0.2, 0.25) is 5.13 Å². The molecule has 2 aromatic carbocycles. The number of aryl methyl sites for hydroxylation is 1. The third kappa shape index (κ3) is 4.04. The number of non-ortho nitro benzene ring substituents is 2. The Morgan fingerprint density at radius 3 is 2.44 bits per heavy atom. The molecule has 4 rings (SSSR count). The molecule has 0 saturated carbocycles. The molecule has 32 heavy (non-hydrogen) atoms. The minimum Gasteiger partial charge on any atom is -0.291 e. The first kappa shape index (κ1) is 20.7. The molecular formula is C19H13N7O5S. The van der Waals surface area contributed by atoms with Crippen LogP contribution >= 0.6 is 11.3 Å². The van der Waals surface area contributed by atoms with Crippen LogP contribution in [0.3, 0.4) is 0 Å². The van der Waals surface area contributed by atoms with Gasteiger partial charge >= 0.3 is 5.56 Å². The highest BCUT2D eigenvalue weighted by Gasteiger charge is 2.16. The van der Waals surface area contributed by atoms with E-state index < -0.39 is 15.4 Å². The third-order valence-electron chi connectivity index (χ3n) is 4.38. The lowest BCUT2D eigenvalue weighted by molar-refractivity contribution is -0.385. The van der Waals surface area contributed by atoms with Crippen LogP contribution in [0.1, 0.15) is 5.69 Å². The molecule has 13 heteroatoms. The smallest absolute Gasteiger partial charge is 0.291 e. The summed E-state index contributed by atoms with van der Waals surface area (Å²) in [6.07, 6.45) is 0. The maximum absolute atomic E-state index is 12.8. The highest BCUT2D eigenvalue weighted by molar-refractivity contribution is 7.12. The Morgan fingerprint density at radius 2 is 1.72 bits per heavy atom. The lowest BCUT2D eigenvalue weighted by Gasteiger charge is -1.97. The van der Waals surface area contributed by atoms with Gasteiger partial charge in [0.15, 0.2) is 5.69 Å². The number of aromatic nitrogens is 3. The van der Waals surface area contributed by atoms with E-state index in [2.05, 4.69) is 20.3 Å². The summed E-state index contributed by atoms with van der Waals surface area (Å²) in [6.45, 7) is 1.63. The van der Waals surface area contributed by atoms with Crippen molar-refractivity contribution < 1.29 is 9.85 Å². The van der Waals surface area contributed by atoms with Crippen molar-refractivity contribution in [3.63, 3.8) is 0 Å². The van der Waals surface area contributed by atoms with Crippen molar-refractivity contribution in [3.05, 3.63) is 90.2 Å². The number of nitro groups is 2. The van der Waals surface area contributed by atoms with Gasteiger partial charge in [-0.2, -0.15) is 9.80 Å². The van der Waals surface area contributed by atoms with Gasteiger partial charge in [0.25, 0.3) is 11.4 Å². The normalized spacial score (nSPS) is 11.2. The molecule has 4 aromatic rings. The van der Waals surface area contributed by atoms with E-state index in [-0.39, 0.29) is 22.7 Å². The summed E-state index contributed by atoms with van der Waals surface area (Å²) in [5.41, 5.74) is 1.01. The van der Waals surface area contributed by atoms with Crippen LogP contribution in [0.4, 0.5) is 22.7 Å². The summed E-state index contributed by atoms with van der Waals surface area (Å²) in [5, 5.41) is 34.6. The SMILES string of the molecule is Cc1[nH]n(-c2nc(-c3cccc([N+](=O)[O-])c3)cs2)c(=O)c1N=Nc1cccc([N+](=O)[O-])c1. The Bertz CT molecular complexity index is 1440. The number of nitrogens with zero attached hydrogens (tertiary/aromatic N) is 6. The average Bonchev–Trinajstić information content (AvgIpc) is 3.37. The first-order chi connectivity index (χ1) is 15.3. The van der Waals surface area contributed by atoms with Crippen LogP contribution < -0.4 is 5.56 Å². The predicted molar refractivity (Wildman–Crippen MR) is 116 cm³/mol. The number of hydrogen-bond donors (Lipinski definition) is 1. The zero-order valence-electron chi connectivity index (χ0n) is 16.3. The van der Waals surface area contributed by atoms with Crippen LogP contribution in [-0.2, 0) is 0 Å². The molecular weight excluding hydrogens is 438 g/mol. The van der Waals surface area contributed by atoms with E-state index in [0.29, 0.717) is 22.1 Å². The molecule has 0 spiro atoms. The molecule has 160 valence electrons. The van der Waals surface area contributed by atoms with Crippen molar-refractivity contribution in [2.24, 2.45) is 10.2 Å². The Balaban J connectivity index is 1.65. The molecule has 0 radical (unpaired) electrons. The second-order valence-electron chi connectivity index (χ2n) is 6.53. The number of aromatic amines is 1. The molecule has 0 atom stereocenters. The predicted octanol–water partition coefficient (Wildman–Crippen LogP) is 4.83.